The van der Waals surface area contributed by atoms with E-state index in [1.54, 1.807) is 17.8 Å². The molecule has 6 heteroatoms. The Morgan fingerprint density at radius 1 is 1.33 bits per heavy atom. The van der Waals surface area contributed by atoms with Crippen LogP contribution in [0.5, 0.6) is 0 Å². The summed E-state index contributed by atoms with van der Waals surface area (Å²) in [6.45, 7) is 4.00. The molecule has 2 rings (SSSR count). The lowest BCUT2D eigenvalue weighted by atomic mass is 10.2. The van der Waals surface area contributed by atoms with Crippen molar-refractivity contribution in [3.05, 3.63) is 33.9 Å². The minimum absolute atomic E-state index is 0.0601. The number of benzene rings is 1. The molecule has 5 nitrogen and oxygen atoms in total. The first kappa shape index (κ1) is 17.9. The first-order chi connectivity index (χ1) is 10.2. The topological polar surface area (TPSA) is 61.6 Å². The molecule has 0 radical (unpaired) electrons. The van der Waals surface area contributed by atoms with Gasteiger partial charge in [0.15, 0.2) is 6.29 Å². The average Bonchev–Trinajstić information content (AvgIpc) is 3.33. The number of thioether (sulfide) groups is 1. The molecule has 0 heterocycles. The van der Waals surface area contributed by atoms with E-state index in [4.69, 9.17) is 9.47 Å². The monoisotopic (exact) mass is 313 g/mol. The molecule has 0 aliphatic heterocycles. The molecule has 0 N–H and O–H groups in total. The van der Waals surface area contributed by atoms with Crippen molar-refractivity contribution < 1.29 is 14.4 Å². The number of rotatable bonds is 7. The zero-order valence-corrected chi connectivity index (χ0v) is 13.8. The van der Waals surface area contributed by atoms with Gasteiger partial charge in [0.25, 0.3) is 5.69 Å². The van der Waals surface area contributed by atoms with Gasteiger partial charge < -0.3 is 9.47 Å². The number of hydrogen-bond donors (Lipinski definition) is 0. The Hall–Kier alpha value is -1.11. The second-order valence-corrected chi connectivity index (χ2v) is 5.60. The van der Waals surface area contributed by atoms with Gasteiger partial charge in [-0.15, -0.1) is 11.8 Å². The minimum atomic E-state index is -0.568. The van der Waals surface area contributed by atoms with Gasteiger partial charge in [0.05, 0.1) is 4.92 Å². The maximum absolute atomic E-state index is 10.9. The van der Waals surface area contributed by atoms with E-state index in [9.17, 15) is 10.1 Å². The molecule has 0 saturated heterocycles. The fourth-order valence-electron chi connectivity index (χ4n) is 1.81. The molecule has 1 aliphatic rings. The van der Waals surface area contributed by atoms with Crippen LogP contribution in [0, 0.1) is 16.0 Å². The van der Waals surface area contributed by atoms with Crippen molar-refractivity contribution >= 4 is 17.4 Å². The summed E-state index contributed by atoms with van der Waals surface area (Å²) in [5, 5.41) is 10.9. The summed E-state index contributed by atoms with van der Waals surface area (Å²) in [5.74, 6) is 1.84. The van der Waals surface area contributed by atoms with Crippen molar-refractivity contribution in [1.82, 2.24) is 0 Å². The van der Waals surface area contributed by atoms with Crippen LogP contribution in [0.2, 0.25) is 0 Å². The summed E-state index contributed by atoms with van der Waals surface area (Å²) in [7, 11) is 3.06. The number of methoxy groups -OCH3 is 2. The smallest absolute Gasteiger partial charge is 0.269 e. The highest BCUT2D eigenvalue weighted by atomic mass is 32.2. The molecule has 1 aliphatic carbocycles. The number of nitro benzene ring substituents is 1. The molecule has 118 valence electrons. The van der Waals surface area contributed by atoms with Gasteiger partial charge in [0.1, 0.15) is 0 Å². The van der Waals surface area contributed by atoms with E-state index in [0.29, 0.717) is 0 Å². The quantitative estimate of drug-likeness (QED) is 0.323. The van der Waals surface area contributed by atoms with Crippen molar-refractivity contribution in [3.8, 4) is 0 Å². The van der Waals surface area contributed by atoms with Crippen LogP contribution < -0.4 is 0 Å². The molecule has 0 spiro atoms. The van der Waals surface area contributed by atoms with Crippen LogP contribution in [-0.4, -0.2) is 24.9 Å². The SMILES string of the molecule is CC.COC(OC)c1cc([N+](=O)[O-])ccc1SCC1CC1. The molecule has 0 aromatic heterocycles. The lowest BCUT2D eigenvalue weighted by Crippen LogP contribution is -2.06. The highest BCUT2D eigenvalue weighted by Gasteiger charge is 2.24. The van der Waals surface area contributed by atoms with Gasteiger partial charge in [0.2, 0.25) is 0 Å². The predicted molar refractivity (Wildman–Crippen MR) is 84.7 cm³/mol. The Morgan fingerprint density at radius 2 is 1.95 bits per heavy atom. The largest absolute Gasteiger partial charge is 0.352 e. The van der Waals surface area contributed by atoms with Gasteiger partial charge in [-0.25, -0.2) is 0 Å². The Morgan fingerprint density at radius 3 is 2.43 bits per heavy atom. The normalized spacial score (nSPS) is 13.8. The second kappa shape index (κ2) is 9.02. The molecule has 1 fully saturated rings. The minimum Gasteiger partial charge on any atom is -0.352 e. The number of nitro groups is 1. The van der Waals surface area contributed by atoms with E-state index in [1.807, 2.05) is 13.8 Å². The van der Waals surface area contributed by atoms with Crippen molar-refractivity contribution in [3.63, 3.8) is 0 Å². The molecule has 0 bridgehead atoms. The standard InChI is InChI=1S/C13H17NO4S.C2H6/c1-17-13(18-2)11-7-10(14(15)16)5-6-12(11)19-8-9-3-4-9;1-2/h5-7,9,13H,3-4,8H2,1-2H3;1-2H3. The first-order valence-electron chi connectivity index (χ1n) is 7.12. The van der Waals surface area contributed by atoms with Crippen molar-refractivity contribution in [2.75, 3.05) is 20.0 Å². The van der Waals surface area contributed by atoms with Gasteiger partial charge in [0, 0.05) is 42.6 Å². The van der Waals surface area contributed by atoms with Gasteiger partial charge >= 0.3 is 0 Å². The highest BCUT2D eigenvalue weighted by molar-refractivity contribution is 7.99. The maximum Gasteiger partial charge on any atom is 0.269 e. The third-order valence-corrected chi connectivity index (χ3v) is 4.38. The zero-order valence-electron chi connectivity index (χ0n) is 13.0. The average molecular weight is 313 g/mol. The number of non-ortho nitro benzene ring substituents is 1. The van der Waals surface area contributed by atoms with Crippen LogP contribution in [0.3, 0.4) is 0 Å². The van der Waals surface area contributed by atoms with Crippen LogP contribution in [0.1, 0.15) is 38.5 Å². The zero-order chi connectivity index (χ0) is 15.8. The Balaban J connectivity index is 0.00000106. The van der Waals surface area contributed by atoms with Crippen LogP contribution in [-0.2, 0) is 9.47 Å². The molecule has 0 atom stereocenters. The number of ether oxygens (including phenoxy) is 2. The molecule has 0 unspecified atom stereocenters. The van der Waals surface area contributed by atoms with Crippen LogP contribution >= 0.6 is 11.8 Å². The summed E-state index contributed by atoms with van der Waals surface area (Å²) in [5.41, 5.74) is 0.787. The molecular formula is C15H23NO4S. The molecular weight excluding hydrogens is 290 g/mol. The molecule has 0 amide bonds. The Kier molecular flexibility index (Phi) is 7.71. The lowest BCUT2D eigenvalue weighted by molar-refractivity contribution is -0.385. The molecule has 1 aromatic carbocycles. The predicted octanol–water partition coefficient (Wildman–Crippen LogP) is 4.41. The maximum atomic E-state index is 10.9. The summed E-state index contributed by atoms with van der Waals surface area (Å²) in [6.07, 6.45) is 2.00. The molecule has 21 heavy (non-hydrogen) atoms. The first-order valence-corrected chi connectivity index (χ1v) is 8.11. The summed E-state index contributed by atoms with van der Waals surface area (Å²) >= 11 is 1.71. The Labute approximate surface area is 130 Å². The second-order valence-electron chi connectivity index (χ2n) is 4.54. The Bertz CT molecular complexity index is 459. The third-order valence-electron chi connectivity index (χ3n) is 3.06. The molecule has 1 aromatic rings. The van der Waals surface area contributed by atoms with Gasteiger partial charge in [-0.2, -0.15) is 0 Å². The number of nitrogens with zero attached hydrogens (tertiary/aromatic N) is 1. The molecule has 1 saturated carbocycles. The van der Waals surface area contributed by atoms with E-state index in [-0.39, 0.29) is 5.69 Å². The lowest BCUT2D eigenvalue weighted by Gasteiger charge is -2.17. The van der Waals surface area contributed by atoms with Crippen molar-refractivity contribution in [2.45, 2.75) is 37.9 Å². The van der Waals surface area contributed by atoms with E-state index in [2.05, 4.69) is 0 Å². The van der Waals surface area contributed by atoms with Crippen LogP contribution in [0.15, 0.2) is 23.1 Å². The van der Waals surface area contributed by atoms with Gasteiger partial charge in [-0.1, -0.05) is 13.8 Å². The van der Waals surface area contributed by atoms with Crippen molar-refractivity contribution in [2.24, 2.45) is 5.92 Å². The van der Waals surface area contributed by atoms with Crippen LogP contribution in [0.25, 0.3) is 0 Å². The fourth-order valence-corrected chi connectivity index (χ4v) is 3.04. The summed E-state index contributed by atoms with van der Waals surface area (Å²) < 4.78 is 10.5. The summed E-state index contributed by atoms with van der Waals surface area (Å²) in [4.78, 5) is 11.4. The van der Waals surface area contributed by atoms with E-state index in [0.717, 1.165) is 22.1 Å². The van der Waals surface area contributed by atoms with Crippen molar-refractivity contribution in [1.29, 1.82) is 0 Å². The van der Waals surface area contributed by atoms with E-state index in [1.165, 1.54) is 39.2 Å². The van der Waals surface area contributed by atoms with Gasteiger partial charge in [-0.05, 0) is 24.8 Å². The highest BCUT2D eigenvalue weighted by Crippen LogP contribution is 2.38. The van der Waals surface area contributed by atoms with E-state index >= 15 is 0 Å². The third kappa shape index (κ3) is 5.30. The summed E-state index contributed by atoms with van der Waals surface area (Å²) in [6, 6.07) is 4.85. The fraction of sp³-hybridized carbons (Fsp3) is 0.600. The van der Waals surface area contributed by atoms with E-state index < -0.39 is 11.2 Å². The number of hydrogen-bond acceptors (Lipinski definition) is 5. The van der Waals surface area contributed by atoms with Crippen LogP contribution in [0.4, 0.5) is 5.69 Å². The van der Waals surface area contributed by atoms with Gasteiger partial charge in [-0.3, -0.25) is 10.1 Å².